The number of anilines is 2. The van der Waals surface area contributed by atoms with Gasteiger partial charge < -0.3 is 5.32 Å². The summed E-state index contributed by atoms with van der Waals surface area (Å²) in [5, 5.41) is 5.23. The van der Waals surface area contributed by atoms with Gasteiger partial charge in [0, 0.05) is 15.6 Å². The number of aromatic nitrogens is 2. The van der Waals surface area contributed by atoms with E-state index in [9.17, 15) is 0 Å². The molecule has 102 valence electrons. The van der Waals surface area contributed by atoms with Crippen LogP contribution in [0.1, 0.15) is 16.0 Å². The van der Waals surface area contributed by atoms with Crippen molar-refractivity contribution in [2.45, 2.75) is 20.8 Å². The standard InChI is InChI=1S/C15H14ClN3S/c1-8-6-11(16)4-5-12(8)19-14-13-9(2)10(3)20-15(13)18-7-17-14/h4-7H,1-3H3,(H,17,18,19). The number of halogens is 1. The van der Waals surface area contributed by atoms with Gasteiger partial charge in [0.05, 0.1) is 5.39 Å². The van der Waals surface area contributed by atoms with Crippen LogP contribution < -0.4 is 5.32 Å². The van der Waals surface area contributed by atoms with Gasteiger partial charge in [-0.15, -0.1) is 11.3 Å². The summed E-state index contributed by atoms with van der Waals surface area (Å²) in [5.74, 6) is 0.849. The van der Waals surface area contributed by atoms with Gasteiger partial charge in [0.1, 0.15) is 17.0 Å². The number of thiophene rings is 1. The van der Waals surface area contributed by atoms with Crippen LogP contribution in [0.5, 0.6) is 0 Å². The molecule has 2 aromatic heterocycles. The number of nitrogens with one attached hydrogen (secondary N) is 1. The van der Waals surface area contributed by atoms with E-state index in [1.807, 2.05) is 25.1 Å². The van der Waals surface area contributed by atoms with Gasteiger partial charge in [-0.05, 0) is 50.1 Å². The molecule has 0 atom stereocenters. The minimum Gasteiger partial charge on any atom is -0.339 e. The van der Waals surface area contributed by atoms with Crippen LogP contribution in [-0.2, 0) is 0 Å². The van der Waals surface area contributed by atoms with E-state index >= 15 is 0 Å². The van der Waals surface area contributed by atoms with Crippen molar-refractivity contribution in [2.24, 2.45) is 0 Å². The number of hydrogen-bond donors (Lipinski definition) is 1. The molecule has 0 saturated carbocycles. The third-order valence-electron chi connectivity index (χ3n) is 3.41. The minimum absolute atomic E-state index is 0.739. The van der Waals surface area contributed by atoms with Crippen LogP contribution in [0.2, 0.25) is 5.02 Å². The SMILES string of the molecule is Cc1cc(Cl)ccc1Nc1ncnc2sc(C)c(C)c12. The second-order valence-electron chi connectivity index (χ2n) is 4.77. The first-order chi connectivity index (χ1) is 9.56. The van der Waals surface area contributed by atoms with Gasteiger partial charge in [0.25, 0.3) is 0 Å². The molecule has 3 nitrogen and oxygen atoms in total. The van der Waals surface area contributed by atoms with E-state index in [-0.39, 0.29) is 0 Å². The van der Waals surface area contributed by atoms with Crippen LogP contribution in [0.25, 0.3) is 10.2 Å². The lowest BCUT2D eigenvalue weighted by Gasteiger charge is -2.10. The predicted octanol–water partition coefficient (Wildman–Crippen LogP) is 5.01. The average Bonchev–Trinajstić information content (AvgIpc) is 2.69. The summed E-state index contributed by atoms with van der Waals surface area (Å²) in [4.78, 5) is 11.0. The van der Waals surface area contributed by atoms with Gasteiger partial charge in [-0.1, -0.05) is 11.6 Å². The number of hydrogen-bond acceptors (Lipinski definition) is 4. The lowest BCUT2D eigenvalue weighted by Crippen LogP contribution is -1.97. The van der Waals surface area contributed by atoms with Crippen molar-refractivity contribution in [1.29, 1.82) is 0 Å². The van der Waals surface area contributed by atoms with E-state index in [4.69, 9.17) is 11.6 Å². The normalized spacial score (nSPS) is 11.0. The first-order valence-electron chi connectivity index (χ1n) is 6.30. The van der Waals surface area contributed by atoms with Gasteiger partial charge in [-0.2, -0.15) is 0 Å². The molecule has 0 fully saturated rings. The van der Waals surface area contributed by atoms with Crippen molar-refractivity contribution < 1.29 is 0 Å². The zero-order valence-electron chi connectivity index (χ0n) is 11.5. The van der Waals surface area contributed by atoms with Crippen molar-refractivity contribution >= 4 is 44.7 Å². The molecule has 0 aliphatic rings. The van der Waals surface area contributed by atoms with E-state index < -0.39 is 0 Å². The first kappa shape index (κ1) is 13.3. The van der Waals surface area contributed by atoms with Crippen molar-refractivity contribution in [3.63, 3.8) is 0 Å². The van der Waals surface area contributed by atoms with Gasteiger partial charge in [-0.25, -0.2) is 9.97 Å². The highest BCUT2D eigenvalue weighted by Gasteiger charge is 2.12. The molecule has 0 amide bonds. The van der Waals surface area contributed by atoms with Gasteiger partial charge in [-0.3, -0.25) is 0 Å². The molecular weight excluding hydrogens is 290 g/mol. The Hall–Kier alpha value is -1.65. The monoisotopic (exact) mass is 303 g/mol. The first-order valence-corrected chi connectivity index (χ1v) is 7.49. The lowest BCUT2D eigenvalue weighted by atomic mass is 10.2. The molecule has 0 radical (unpaired) electrons. The van der Waals surface area contributed by atoms with Crippen LogP contribution in [-0.4, -0.2) is 9.97 Å². The Bertz CT molecular complexity index is 795. The van der Waals surface area contributed by atoms with Gasteiger partial charge >= 0.3 is 0 Å². The predicted molar refractivity (Wildman–Crippen MR) is 86.4 cm³/mol. The molecule has 0 aliphatic carbocycles. The summed E-state index contributed by atoms with van der Waals surface area (Å²) in [6, 6.07) is 5.79. The van der Waals surface area contributed by atoms with Gasteiger partial charge in [0.15, 0.2) is 0 Å². The summed E-state index contributed by atoms with van der Waals surface area (Å²) in [7, 11) is 0. The van der Waals surface area contributed by atoms with E-state index in [0.717, 1.165) is 32.3 Å². The van der Waals surface area contributed by atoms with Crippen molar-refractivity contribution in [2.75, 3.05) is 5.32 Å². The lowest BCUT2D eigenvalue weighted by molar-refractivity contribution is 1.22. The highest BCUT2D eigenvalue weighted by atomic mass is 35.5. The molecule has 3 aromatic rings. The van der Waals surface area contributed by atoms with E-state index in [2.05, 4.69) is 29.1 Å². The second-order valence-corrected chi connectivity index (χ2v) is 6.41. The molecule has 3 rings (SSSR count). The Balaban J connectivity index is 2.11. The number of rotatable bonds is 2. The summed E-state index contributed by atoms with van der Waals surface area (Å²) in [6.07, 6.45) is 1.60. The molecule has 0 aliphatic heterocycles. The zero-order valence-corrected chi connectivity index (χ0v) is 13.1. The molecule has 0 spiro atoms. The number of fused-ring (bicyclic) bond motifs is 1. The summed E-state index contributed by atoms with van der Waals surface area (Å²) in [5.41, 5.74) is 3.34. The molecule has 0 unspecified atom stereocenters. The minimum atomic E-state index is 0.739. The fourth-order valence-corrected chi connectivity index (χ4v) is 3.40. The Morgan fingerprint density at radius 3 is 2.70 bits per heavy atom. The maximum Gasteiger partial charge on any atom is 0.142 e. The fourth-order valence-electron chi connectivity index (χ4n) is 2.17. The van der Waals surface area contributed by atoms with Crippen LogP contribution in [0.4, 0.5) is 11.5 Å². The average molecular weight is 304 g/mol. The maximum atomic E-state index is 5.99. The Morgan fingerprint density at radius 1 is 1.15 bits per heavy atom. The molecule has 2 heterocycles. The van der Waals surface area contributed by atoms with Crippen molar-refractivity contribution in [3.8, 4) is 0 Å². The quantitative estimate of drug-likeness (QED) is 0.723. The van der Waals surface area contributed by atoms with Crippen molar-refractivity contribution in [3.05, 3.63) is 45.6 Å². The topological polar surface area (TPSA) is 37.8 Å². The molecular formula is C15H14ClN3S. The third kappa shape index (κ3) is 2.25. The van der Waals surface area contributed by atoms with Crippen LogP contribution in [0, 0.1) is 20.8 Å². The van der Waals surface area contributed by atoms with Crippen molar-refractivity contribution in [1.82, 2.24) is 9.97 Å². The largest absolute Gasteiger partial charge is 0.339 e. The highest BCUT2D eigenvalue weighted by molar-refractivity contribution is 7.18. The summed E-state index contributed by atoms with van der Waals surface area (Å²) >= 11 is 7.69. The second kappa shape index (κ2) is 5.04. The smallest absolute Gasteiger partial charge is 0.142 e. The van der Waals surface area contributed by atoms with E-state index in [1.54, 1.807) is 17.7 Å². The summed E-state index contributed by atoms with van der Waals surface area (Å²) in [6.45, 7) is 6.24. The zero-order chi connectivity index (χ0) is 14.3. The van der Waals surface area contributed by atoms with Crippen LogP contribution >= 0.6 is 22.9 Å². The third-order valence-corrected chi connectivity index (χ3v) is 4.76. The molecule has 5 heteroatoms. The Kier molecular flexibility index (Phi) is 3.36. The highest BCUT2D eigenvalue weighted by Crippen LogP contribution is 2.34. The number of nitrogens with zero attached hydrogens (tertiary/aromatic N) is 2. The Morgan fingerprint density at radius 2 is 1.95 bits per heavy atom. The summed E-state index contributed by atoms with van der Waals surface area (Å²) < 4.78 is 0. The van der Waals surface area contributed by atoms with Crippen LogP contribution in [0.3, 0.4) is 0 Å². The van der Waals surface area contributed by atoms with Gasteiger partial charge in [0.2, 0.25) is 0 Å². The van der Waals surface area contributed by atoms with E-state index in [1.165, 1.54) is 10.4 Å². The Labute approximate surface area is 126 Å². The molecule has 20 heavy (non-hydrogen) atoms. The van der Waals surface area contributed by atoms with Crippen LogP contribution in [0.15, 0.2) is 24.5 Å². The number of aryl methyl sites for hydroxylation is 3. The fraction of sp³-hybridized carbons (Fsp3) is 0.200. The van der Waals surface area contributed by atoms with E-state index in [0.29, 0.717) is 0 Å². The number of benzene rings is 1. The molecule has 1 aromatic carbocycles. The molecule has 0 bridgehead atoms. The maximum absolute atomic E-state index is 5.99. The molecule has 0 saturated heterocycles. The molecule has 1 N–H and O–H groups in total.